The zero-order valence-electron chi connectivity index (χ0n) is 36.2. The first-order valence-electron chi connectivity index (χ1n) is 20.4. The summed E-state index contributed by atoms with van der Waals surface area (Å²) in [5, 5.41) is 2.43. The maximum Gasteiger partial charge on any atom is 0.0973 e. The molecule has 0 aliphatic carbocycles. The van der Waals surface area contributed by atoms with Crippen molar-refractivity contribution in [3.8, 4) is 22.5 Å². The molecule has 0 atom stereocenters. The van der Waals surface area contributed by atoms with E-state index in [1.54, 1.807) is 12.2 Å². The van der Waals surface area contributed by atoms with Gasteiger partial charge in [0, 0.05) is 50.0 Å². The molecule has 8 aromatic rings. The average Bonchev–Trinajstić information content (AvgIpc) is 3.60. The molecular formula is C54H60N4. The lowest BCUT2D eigenvalue weighted by Crippen LogP contribution is -2.17. The second-order valence-electron chi connectivity index (χ2n) is 16.1. The van der Waals surface area contributed by atoms with E-state index in [2.05, 4.69) is 204 Å². The standard InChI is InChI=1S/C46H42N4.2C3H6.C2H6/c1-45(2,3)37-26-27-38(46(4,5)6)44-43(37)48-41(30-15-9-7-10-16-30)42(49-44)31-21-23-33(24-22-31)50(32-17-11-8-12-18-32)34-25-28-40-36(29-34)35-19-13-14-20-39(35)47-40;2*1-3-2;1-2/h7-29,47H,1-6H3;2*3H,1H2,2H3;1-2H3. The Bertz CT molecular complexity index is 2580. The first-order valence-corrected chi connectivity index (χ1v) is 20.4. The molecule has 1 N–H and O–H groups in total. The summed E-state index contributed by atoms with van der Waals surface area (Å²) in [6, 6.07) is 49.5. The summed E-state index contributed by atoms with van der Waals surface area (Å²) in [5.41, 5.74) is 13.6. The van der Waals surface area contributed by atoms with Gasteiger partial charge < -0.3 is 9.88 Å². The summed E-state index contributed by atoms with van der Waals surface area (Å²) >= 11 is 0. The van der Waals surface area contributed by atoms with E-state index >= 15 is 0 Å². The largest absolute Gasteiger partial charge is 0.355 e. The lowest BCUT2D eigenvalue weighted by Gasteiger charge is -2.27. The van der Waals surface area contributed by atoms with Crippen LogP contribution >= 0.6 is 0 Å². The number of H-pyrrole nitrogens is 1. The third-order valence-electron chi connectivity index (χ3n) is 9.65. The summed E-state index contributed by atoms with van der Waals surface area (Å²) in [7, 11) is 0. The van der Waals surface area contributed by atoms with E-state index in [0.29, 0.717) is 0 Å². The lowest BCUT2D eigenvalue weighted by molar-refractivity contribution is 0.583. The predicted octanol–water partition coefficient (Wildman–Crippen LogP) is 16.1. The molecule has 58 heavy (non-hydrogen) atoms. The third kappa shape index (κ3) is 9.30. The van der Waals surface area contributed by atoms with Crippen molar-refractivity contribution in [2.75, 3.05) is 4.90 Å². The maximum absolute atomic E-state index is 5.53. The fourth-order valence-electron chi connectivity index (χ4n) is 7.11. The van der Waals surface area contributed by atoms with Gasteiger partial charge in [-0.15, -0.1) is 13.2 Å². The Morgan fingerprint density at radius 3 is 1.41 bits per heavy atom. The second kappa shape index (κ2) is 18.8. The lowest BCUT2D eigenvalue weighted by atomic mass is 9.80. The van der Waals surface area contributed by atoms with Crippen LogP contribution in [0.4, 0.5) is 17.1 Å². The van der Waals surface area contributed by atoms with Crippen LogP contribution in [0.3, 0.4) is 0 Å². The van der Waals surface area contributed by atoms with Crippen LogP contribution in [0.25, 0.3) is 55.4 Å². The molecule has 0 aliphatic rings. The van der Waals surface area contributed by atoms with Gasteiger partial charge in [0.15, 0.2) is 0 Å². The number of nitrogens with zero attached hydrogens (tertiary/aromatic N) is 3. The van der Waals surface area contributed by atoms with E-state index in [1.165, 1.54) is 21.9 Å². The van der Waals surface area contributed by atoms with Crippen LogP contribution in [-0.4, -0.2) is 15.0 Å². The quantitative estimate of drug-likeness (QED) is 0.178. The topological polar surface area (TPSA) is 44.8 Å². The molecule has 2 heterocycles. The average molecular weight is 765 g/mol. The number of hydrogen-bond acceptors (Lipinski definition) is 3. The van der Waals surface area contributed by atoms with Crippen molar-refractivity contribution in [2.24, 2.45) is 0 Å². The van der Waals surface area contributed by atoms with Gasteiger partial charge >= 0.3 is 0 Å². The van der Waals surface area contributed by atoms with Gasteiger partial charge in [-0.1, -0.05) is 159 Å². The molecule has 0 amide bonds. The van der Waals surface area contributed by atoms with Gasteiger partial charge in [-0.05, 0) is 84.3 Å². The van der Waals surface area contributed by atoms with Gasteiger partial charge in [-0.2, -0.15) is 0 Å². The van der Waals surface area contributed by atoms with Gasteiger partial charge in [-0.25, -0.2) is 9.97 Å². The number of fused-ring (bicyclic) bond motifs is 4. The van der Waals surface area contributed by atoms with Gasteiger partial charge in [0.2, 0.25) is 0 Å². The molecule has 0 bridgehead atoms. The monoisotopic (exact) mass is 764 g/mol. The van der Waals surface area contributed by atoms with Gasteiger partial charge in [-0.3, -0.25) is 0 Å². The molecule has 4 heteroatoms. The Hall–Kier alpha value is -6.26. The van der Waals surface area contributed by atoms with Crippen LogP contribution in [0.1, 0.15) is 80.4 Å². The highest BCUT2D eigenvalue weighted by atomic mass is 15.1. The number of aromatic amines is 1. The zero-order chi connectivity index (χ0) is 42.0. The van der Waals surface area contributed by atoms with E-state index in [9.17, 15) is 0 Å². The van der Waals surface area contributed by atoms with Crippen molar-refractivity contribution in [2.45, 2.75) is 80.1 Å². The van der Waals surface area contributed by atoms with Crippen LogP contribution < -0.4 is 4.90 Å². The molecule has 296 valence electrons. The third-order valence-corrected chi connectivity index (χ3v) is 9.65. The van der Waals surface area contributed by atoms with Crippen LogP contribution in [0, 0.1) is 0 Å². The number of rotatable bonds is 5. The molecule has 0 radical (unpaired) electrons. The number of benzene rings is 6. The van der Waals surface area contributed by atoms with Crippen LogP contribution in [-0.2, 0) is 10.8 Å². The summed E-state index contributed by atoms with van der Waals surface area (Å²) in [4.78, 5) is 16.9. The summed E-state index contributed by atoms with van der Waals surface area (Å²) in [6.07, 6.45) is 3.50. The Labute approximate surface area is 347 Å². The first-order chi connectivity index (χ1) is 27.9. The number of hydrogen-bond donors (Lipinski definition) is 1. The molecule has 4 nitrogen and oxygen atoms in total. The van der Waals surface area contributed by atoms with Crippen LogP contribution in [0.15, 0.2) is 165 Å². The maximum atomic E-state index is 5.53. The van der Waals surface area contributed by atoms with Crippen molar-refractivity contribution in [1.82, 2.24) is 15.0 Å². The fourth-order valence-corrected chi connectivity index (χ4v) is 7.11. The van der Waals surface area contributed by atoms with E-state index in [-0.39, 0.29) is 10.8 Å². The van der Waals surface area contributed by atoms with Crippen LogP contribution in [0.2, 0.25) is 0 Å². The zero-order valence-corrected chi connectivity index (χ0v) is 36.2. The summed E-state index contributed by atoms with van der Waals surface area (Å²) in [5.74, 6) is 0. The normalized spacial score (nSPS) is 11.1. The molecule has 0 aliphatic heterocycles. The highest BCUT2D eigenvalue weighted by Crippen LogP contribution is 2.41. The fraction of sp³-hybridized carbons (Fsp3) is 0.222. The molecule has 0 spiro atoms. The van der Waals surface area contributed by atoms with Crippen molar-refractivity contribution >= 4 is 49.9 Å². The number of nitrogens with one attached hydrogen (secondary N) is 1. The summed E-state index contributed by atoms with van der Waals surface area (Å²) < 4.78 is 0. The van der Waals surface area contributed by atoms with Crippen LogP contribution in [0.5, 0.6) is 0 Å². The minimum atomic E-state index is -0.0964. The molecule has 0 fully saturated rings. The Morgan fingerprint density at radius 2 is 0.897 bits per heavy atom. The number of anilines is 3. The molecule has 8 rings (SSSR count). The Morgan fingerprint density at radius 1 is 0.483 bits per heavy atom. The van der Waals surface area contributed by atoms with Crippen molar-refractivity contribution in [1.29, 1.82) is 0 Å². The first kappa shape index (κ1) is 42.9. The van der Waals surface area contributed by atoms with Gasteiger partial charge in [0.25, 0.3) is 0 Å². The number of para-hydroxylation sites is 2. The number of allylic oxidation sites excluding steroid dienone is 2. The Kier molecular flexibility index (Phi) is 13.9. The van der Waals surface area contributed by atoms with Crippen molar-refractivity contribution in [3.63, 3.8) is 0 Å². The van der Waals surface area contributed by atoms with E-state index in [0.717, 1.165) is 61.6 Å². The minimum absolute atomic E-state index is 0.0862. The molecule has 2 aromatic heterocycles. The SMILES string of the molecule is C=CC.C=CC.CC.CC(C)(C)c1ccc(C(C)(C)C)c2nc(-c3ccc(N(c4ccccc4)c4ccc5[nH]c6ccccc6c5c4)cc3)c(-c3ccccc3)nc12. The Balaban J connectivity index is 0.000000746. The highest BCUT2D eigenvalue weighted by Gasteiger charge is 2.27. The van der Waals surface area contributed by atoms with Crippen molar-refractivity contribution in [3.05, 3.63) is 176 Å². The van der Waals surface area contributed by atoms with Gasteiger partial charge in [0.1, 0.15) is 0 Å². The van der Waals surface area contributed by atoms with E-state index in [4.69, 9.17) is 9.97 Å². The van der Waals surface area contributed by atoms with E-state index in [1.807, 2.05) is 27.7 Å². The molecule has 0 saturated heterocycles. The van der Waals surface area contributed by atoms with E-state index < -0.39 is 0 Å². The van der Waals surface area contributed by atoms with Gasteiger partial charge in [0.05, 0.1) is 22.4 Å². The smallest absolute Gasteiger partial charge is 0.0973 e. The molecule has 0 saturated carbocycles. The molecule has 0 unspecified atom stereocenters. The predicted molar refractivity (Wildman–Crippen MR) is 255 cm³/mol. The highest BCUT2D eigenvalue weighted by molar-refractivity contribution is 6.08. The second-order valence-corrected chi connectivity index (χ2v) is 16.1. The number of aromatic nitrogens is 3. The summed E-state index contributed by atoms with van der Waals surface area (Å²) in [6.45, 7) is 28.0. The molecule has 6 aromatic carbocycles. The molecular weight excluding hydrogens is 705 g/mol. The van der Waals surface area contributed by atoms with Crippen molar-refractivity contribution < 1.29 is 0 Å². The minimum Gasteiger partial charge on any atom is -0.355 e.